The van der Waals surface area contributed by atoms with Crippen molar-refractivity contribution in [3.05, 3.63) is 30.1 Å². The summed E-state index contributed by atoms with van der Waals surface area (Å²) in [5, 5.41) is -0.312. The standard InChI is InChI=1S/C11H11FN2O2S/c1-11(5-6-11)9-10(17(12,15)16)14-7-3-2-4-8(14)13-9/h2-4,7H,5-6H2,1H3. The van der Waals surface area contributed by atoms with Gasteiger partial charge in [-0.05, 0) is 25.0 Å². The number of hydrogen-bond acceptors (Lipinski definition) is 3. The first-order valence-corrected chi connectivity index (χ1v) is 6.72. The van der Waals surface area contributed by atoms with Crippen LogP contribution in [0.15, 0.2) is 29.4 Å². The number of rotatable bonds is 2. The van der Waals surface area contributed by atoms with Crippen molar-refractivity contribution in [3.63, 3.8) is 0 Å². The van der Waals surface area contributed by atoms with Crippen LogP contribution in [0.25, 0.3) is 5.65 Å². The third-order valence-corrected chi connectivity index (χ3v) is 4.14. The molecule has 90 valence electrons. The van der Waals surface area contributed by atoms with Gasteiger partial charge in [-0.2, -0.15) is 8.42 Å². The van der Waals surface area contributed by atoms with E-state index in [1.165, 1.54) is 10.6 Å². The highest BCUT2D eigenvalue weighted by atomic mass is 32.3. The van der Waals surface area contributed by atoms with Crippen molar-refractivity contribution >= 4 is 15.9 Å². The number of imidazole rings is 1. The molecule has 17 heavy (non-hydrogen) atoms. The van der Waals surface area contributed by atoms with Crippen LogP contribution >= 0.6 is 0 Å². The molecular formula is C11H11FN2O2S. The van der Waals surface area contributed by atoms with Crippen molar-refractivity contribution < 1.29 is 12.3 Å². The molecule has 0 spiro atoms. The van der Waals surface area contributed by atoms with Crippen LogP contribution in [0.4, 0.5) is 3.89 Å². The van der Waals surface area contributed by atoms with Gasteiger partial charge in [0.15, 0.2) is 5.03 Å². The minimum absolute atomic E-state index is 0.291. The van der Waals surface area contributed by atoms with Crippen molar-refractivity contribution in [2.75, 3.05) is 0 Å². The number of aromatic nitrogens is 2. The van der Waals surface area contributed by atoms with E-state index in [9.17, 15) is 12.3 Å². The van der Waals surface area contributed by atoms with E-state index < -0.39 is 10.2 Å². The highest BCUT2D eigenvalue weighted by Gasteiger charge is 2.46. The lowest BCUT2D eigenvalue weighted by Crippen LogP contribution is -2.08. The summed E-state index contributed by atoms with van der Waals surface area (Å²) in [6, 6.07) is 5.07. The van der Waals surface area contributed by atoms with Gasteiger partial charge in [0.25, 0.3) is 0 Å². The maximum atomic E-state index is 13.4. The zero-order valence-corrected chi connectivity index (χ0v) is 10.0. The van der Waals surface area contributed by atoms with Crippen molar-refractivity contribution in [1.29, 1.82) is 0 Å². The maximum absolute atomic E-state index is 13.4. The molecule has 0 bridgehead atoms. The fourth-order valence-electron chi connectivity index (χ4n) is 2.02. The van der Waals surface area contributed by atoms with Crippen LogP contribution < -0.4 is 0 Å². The summed E-state index contributed by atoms with van der Waals surface area (Å²) in [7, 11) is -4.76. The molecule has 2 heterocycles. The second-order valence-electron chi connectivity index (χ2n) is 4.69. The molecule has 1 aliphatic rings. The molecule has 4 nitrogen and oxygen atoms in total. The van der Waals surface area contributed by atoms with Gasteiger partial charge in [-0.15, -0.1) is 0 Å². The quantitative estimate of drug-likeness (QED) is 0.771. The van der Waals surface area contributed by atoms with Crippen LogP contribution in [0.5, 0.6) is 0 Å². The van der Waals surface area contributed by atoms with E-state index in [0.717, 1.165) is 12.8 Å². The Hall–Kier alpha value is -1.43. The predicted octanol–water partition coefficient (Wildman–Crippen LogP) is 2.04. The Morgan fingerprint density at radius 1 is 1.41 bits per heavy atom. The van der Waals surface area contributed by atoms with Gasteiger partial charge in [-0.3, -0.25) is 4.40 Å². The number of pyridine rings is 1. The first kappa shape index (κ1) is 10.7. The third kappa shape index (κ3) is 1.55. The summed E-state index contributed by atoms with van der Waals surface area (Å²) in [5.74, 6) is 0. The van der Waals surface area contributed by atoms with Crippen LogP contribution in [0, 0.1) is 0 Å². The number of halogens is 1. The van der Waals surface area contributed by atoms with Crippen molar-refractivity contribution in [2.24, 2.45) is 0 Å². The highest BCUT2D eigenvalue weighted by Crippen LogP contribution is 2.49. The number of nitrogens with zero attached hydrogens (tertiary/aromatic N) is 2. The van der Waals surface area contributed by atoms with Gasteiger partial charge in [-0.25, -0.2) is 4.98 Å². The topological polar surface area (TPSA) is 51.4 Å². The van der Waals surface area contributed by atoms with Gasteiger partial charge >= 0.3 is 10.2 Å². The predicted molar refractivity (Wildman–Crippen MR) is 60.1 cm³/mol. The fourth-order valence-corrected chi connectivity index (χ4v) is 2.94. The molecule has 3 rings (SSSR count). The maximum Gasteiger partial charge on any atom is 0.350 e. The zero-order valence-electron chi connectivity index (χ0n) is 9.22. The molecule has 2 aromatic heterocycles. The van der Waals surface area contributed by atoms with Gasteiger partial charge in [0.05, 0.1) is 5.69 Å². The number of fused-ring (bicyclic) bond motifs is 1. The summed E-state index contributed by atoms with van der Waals surface area (Å²) >= 11 is 0. The van der Waals surface area contributed by atoms with Crippen LogP contribution in [0.3, 0.4) is 0 Å². The van der Waals surface area contributed by atoms with Gasteiger partial charge < -0.3 is 0 Å². The molecule has 0 aliphatic heterocycles. The summed E-state index contributed by atoms with van der Waals surface area (Å²) < 4.78 is 37.3. The third-order valence-electron chi connectivity index (χ3n) is 3.29. The Bertz CT molecular complexity index is 701. The second kappa shape index (κ2) is 3.07. The van der Waals surface area contributed by atoms with Gasteiger partial charge in [0.2, 0.25) is 0 Å². The van der Waals surface area contributed by atoms with E-state index >= 15 is 0 Å². The molecule has 0 aromatic carbocycles. The minimum Gasteiger partial charge on any atom is -0.288 e. The van der Waals surface area contributed by atoms with Gasteiger partial charge in [0.1, 0.15) is 5.65 Å². The zero-order chi connectivity index (χ0) is 12.3. The molecule has 0 N–H and O–H groups in total. The fraction of sp³-hybridized carbons (Fsp3) is 0.364. The molecule has 0 saturated heterocycles. The molecule has 0 unspecified atom stereocenters. The first-order valence-electron chi connectivity index (χ1n) is 5.34. The van der Waals surface area contributed by atoms with E-state index in [-0.39, 0.29) is 10.4 Å². The second-order valence-corrected chi connectivity index (χ2v) is 5.96. The molecular weight excluding hydrogens is 243 g/mol. The normalized spacial score (nSPS) is 18.5. The van der Waals surface area contributed by atoms with Gasteiger partial charge in [0, 0.05) is 11.6 Å². The molecule has 1 saturated carbocycles. The van der Waals surface area contributed by atoms with E-state index in [4.69, 9.17) is 0 Å². The highest BCUT2D eigenvalue weighted by molar-refractivity contribution is 7.86. The average molecular weight is 254 g/mol. The number of hydrogen-bond donors (Lipinski definition) is 0. The molecule has 0 amide bonds. The Morgan fingerprint density at radius 2 is 2.12 bits per heavy atom. The SMILES string of the molecule is CC1(c2nc3ccccn3c2S(=O)(=O)F)CC1. The van der Waals surface area contributed by atoms with Crippen LogP contribution in [0.2, 0.25) is 0 Å². The Kier molecular flexibility index (Phi) is 1.93. The summed E-state index contributed by atoms with van der Waals surface area (Å²) in [5.41, 5.74) is 0.526. The van der Waals surface area contributed by atoms with E-state index in [1.54, 1.807) is 18.2 Å². The summed E-state index contributed by atoms with van der Waals surface area (Å²) in [6.07, 6.45) is 3.21. The molecule has 1 aliphatic carbocycles. The van der Waals surface area contributed by atoms with E-state index in [1.807, 2.05) is 6.92 Å². The Balaban J connectivity index is 2.42. The molecule has 1 fully saturated rings. The average Bonchev–Trinajstić information content (AvgIpc) is 2.87. The Morgan fingerprint density at radius 3 is 2.71 bits per heavy atom. The van der Waals surface area contributed by atoms with Crippen LogP contribution in [-0.4, -0.2) is 17.8 Å². The largest absolute Gasteiger partial charge is 0.350 e. The van der Waals surface area contributed by atoms with Gasteiger partial charge in [-0.1, -0.05) is 16.9 Å². The molecule has 0 atom stereocenters. The van der Waals surface area contributed by atoms with Crippen molar-refractivity contribution in [3.8, 4) is 0 Å². The van der Waals surface area contributed by atoms with Crippen molar-refractivity contribution in [2.45, 2.75) is 30.2 Å². The monoisotopic (exact) mass is 254 g/mol. The van der Waals surface area contributed by atoms with E-state index in [0.29, 0.717) is 11.3 Å². The molecule has 6 heteroatoms. The van der Waals surface area contributed by atoms with Crippen molar-refractivity contribution in [1.82, 2.24) is 9.38 Å². The lowest BCUT2D eigenvalue weighted by Gasteiger charge is -2.05. The molecule has 0 radical (unpaired) electrons. The van der Waals surface area contributed by atoms with Crippen LogP contribution in [-0.2, 0) is 15.6 Å². The minimum atomic E-state index is -4.76. The smallest absolute Gasteiger partial charge is 0.288 e. The van der Waals surface area contributed by atoms with E-state index in [2.05, 4.69) is 4.98 Å². The lowest BCUT2D eigenvalue weighted by atomic mass is 10.1. The lowest BCUT2D eigenvalue weighted by molar-refractivity contribution is 0.541. The first-order chi connectivity index (χ1) is 7.92. The molecule has 2 aromatic rings. The summed E-state index contributed by atoms with van der Waals surface area (Å²) in [4.78, 5) is 4.26. The van der Waals surface area contributed by atoms with Crippen LogP contribution in [0.1, 0.15) is 25.5 Å². The Labute approximate surface area is 98.3 Å². The summed E-state index contributed by atoms with van der Waals surface area (Å²) in [6.45, 7) is 1.91.